The first-order valence-electron chi connectivity index (χ1n) is 15.9. The Kier molecular flexibility index (Phi) is 14.4. The Bertz CT molecular complexity index is 1180. The molecule has 2 aromatic rings. The van der Waals surface area contributed by atoms with Crippen molar-refractivity contribution in [1.82, 2.24) is 10.2 Å². The molecule has 1 saturated carbocycles. The molecule has 2 aliphatic rings. The lowest BCUT2D eigenvalue weighted by atomic mass is 9.79. The smallest absolute Gasteiger partial charge is 0.387 e. The molecule has 7 nitrogen and oxygen atoms in total. The maximum atomic E-state index is 12.9. The van der Waals surface area contributed by atoms with E-state index in [-0.39, 0.29) is 35.2 Å². The van der Waals surface area contributed by atoms with Crippen LogP contribution < -0.4 is 4.74 Å². The number of esters is 1. The van der Waals surface area contributed by atoms with Crippen molar-refractivity contribution in [1.29, 1.82) is 0 Å². The number of aromatic nitrogens is 2. The van der Waals surface area contributed by atoms with Crippen molar-refractivity contribution < 1.29 is 32.9 Å². The number of fused-ring (bicyclic) bond motifs is 3. The molecule has 10 heteroatoms. The number of benzene rings is 1. The highest BCUT2D eigenvalue weighted by molar-refractivity contribution is 7.99. The number of hydrogen-bond acceptors (Lipinski definition) is 8. The molecule has 1 fully saturated rings. The molecule has 2 atom stereocenters. The number of carbonyl (C=O) groups excluding carboxylic acids is 1. The second-order valence-electron chi connectivity index (χ2n) is 11.1. The highest BCUT2D eigenvalue weighted by atomic mass is 32.2. The van der Waals surface area contributed by atoms with Crippen LogP contribution in [0.3, 0.4) is 0 Å². The topological polar surface area (TPSA) is 90.8 Å². The molecular formula is C33H48F2N2O5S. The molecule has 1 N–H and O–H groups in total. The van der Waals surface area contributed by atoms with Gasteiger partial charge in [0.2, 0.25) is 0 Å². The van der Waals surface area contributed by atoms with Gasteiger partial charge in [-0.15, -0.1) is 22.0 Å². The maximum Gasteiger partial charge on any atom is 0.387 e. The van der Waals surface area contributed by atoms with Crippen LogP contribution in [0.15, 0.2) is 17.2 Å². The number of aromatic hydroxyl groups is 1. The molecule has 43 heavy (non-hydrogen) atoms. The van der Waals surface area contributed by atoms with Crippen LogP contribution in [0.25, 0.3) is 11.3 Å². The third-order valence-electron chi connectivity index (χ3n) is 8.22. The van der Waals surface area contributed by atoms with E-state index in [1.807, 2.05) is 13.8 Å². The van der Waals surface area contributed by atoms with Gasteiger partial charge in [-0.2, -0.15) is 8.78 Å². The largest absolute Gasteiger partial charge is 0.507 e. The molecule has 1 aliphatic carbocycles. The van der Waals surface area contributed by atoms with Crippen LogP contribution in [0, 0.1) is 11.8 Å². The molecule has 0 radical (unpaired) electrons. The predicted octanol–water partition coefficient (Wildman–Crippen LogP) is 8.52. The predicted molar refractivity (Wildman–Crippen MR) is 166 cm³/mol. The van der Waals surface area contributed by atoms with E-state index in [0.29, 0.717) is 35.8 Å². The summed E-state index contributed by atoms with van der Waals surface area (Å²) in [7, 11) is 1.45. The molecule has 4 rings (SSSR count). The van der Waals surface area contributed by atoms with E-state index < -0.39 is 6.61 Å². The van der Waals surface area contributed by atoms with E-state index in [2.05, 4.69) is 23.7 Å². The van der Waals surface area contributed by atoms with Gasteiger partial charge in [0.25, 0.3) is 0 Å². The number of thioether (sulfide) groups is 1. The summed E-state index contributed by atoms with van der Waals surface area (Å²) in [6.45, 7) is 5.89. The Morgan fingerprint density at radius 2 is 1.91 bits per heavy atom. The zero-order valence-electron chi connectivity index (χ0n) is 26.3. The van der Waals surface area contributed by atoms with Crippen LogP contribution in [0.5, 0.6) is 11.5 Å². The number of nitrogens with zero attached hydrogens (tertiary/aromatic N) is 2. The Hall–Kier alpha value is -2.46. The fourth-order valence-electron chi connectivity index (χ4n) is 5.78. The van der Waals surface area contributed by atoms with Gasteiger partial charge in [0.1, 0.15) is 22.2 Å². The van der Waals surface area contributed by atoms with E-state index in [0.717, 1.165) is 55.5 Å². The number of ether oxygens (including phenoxy) is 3. The second kappa shape index (κ2) is 17.7. The quantitative estimate of drug-likeness (QED) is 0.176. The summed E-state index contributed by atoms with van der Waals surface area (Å²) in [4.78, 5) is 12.3. The minimum Gasteiger partial charge on any atom is -0.507 e. The van der Waals surface area contributed by atoms with Crippen molar-refractivity contribution in [3.05, 3.63) is 28.8 Å². The number of methoxy groups -OCH3 is 1. The number of carbonyl (C=O) groups is 1. The van der Waals surface area contributed by atoms with Crippen molar-refractivity contribution in [3.63, 3.8) is 0 Å². The summed E-state index contributed by atoms with van der Waals surface area (Å²) >= 11 is 1.73. The summed E-state index contributed by atoms with van der Waals surface area (Å²) in [6.07, 6.45) is 10.3. The Morgan fingerprint density at radius 1 is 1.14 bits per heavy atom. The minimum absolute atomic E-state index is 0.0989. The van der Waals surface area contributed by atoms with Crippen molar-refractivity contribution >= 4 is 17.7 Å². The van der Waals surface area contributed by atoms with Crippen LogP contribution in [-0.2, 0) is 33.7 Å². The third-order valence-corrected chi connectivity index (χ3v) is 9.67. The standard InChI is InChI=1S/C31H42F2N2O5S.C2H6/c1-4-8-20(30(37)38-3)12-13-23(5-2)41-29-25(15-19-9-6-10-19)24-11-7-14-39-18-21-16-22(40-31(32)33)17-26(36)27(21)28(24)34-35-29;1-2/h16-17,19-20,23,31,36H,4-15,18H2,1-3H3;1-2H3. The molecule has 0 bridgehead atoms. The molecule has 0 amide bonds. The van der Waals surface area contributed by atoms with Crippen LogP contribution >= 0.6 is 11.8 Å². The van der Waals surface area contributed by atoms with Crippen LogP contribution in [0.4, 0.5) is 8.78 Å². The van der Waals surface area contributed by atoms with Crippen molar-refractivity contribution in [2.45, 2.75) is 122 Å². The van der Waals surface area contributed by atoms with E-state index >= 15 is 0 Å². The van der Waals surface area contributed by atoms with Gasteiger partial charge in [0, 0.05) is 23.5 Å². The highest BCUT2D eigenvalue weighted by Gasteiger charge is 2.29. The summed E-state index contributed by atoms with van der Waals surface area (Å²) in [5.41, 5.74) is 3.82. The molecule has 1 aliphatic heterocycles. The molecule has 0 spiro atoms. The summed E-state index contributed by atoms with van der Waals surface area (Å²) in [5.74, 6) is 0.0463. The number of halogens is 2. The molecule has 2 heterocycles. The lowest BCUT2D eigenvalue weighted by Gasteiger charge is -2.28. The zero-order valence-corrected chi connectivity index (χ0v) is 27.1. The fourth-order valence-corrected chi connectivity index (χ4v) is 6.96. The monoisotopic (exact) mass is 622 g/mol. The molecule has 0 saturated heterocycles. The van der Waals surface area contributed by atoms with E-state index in [1.54, 1.807) is 11.8 Å². The summed E-state index contributed by atoms with van der Waals surface area (Å²) < 4.78 is 41.4. The Balaban J connectivity index is 0.00000248. The van der Waals surface area contributed by atoms with Gasteiger partial charge >= 0.3 is 12.6 Å². The molecular weight excluding hydrogens is 574 g/mol. The van der Waals surface area contributed by atoms with E-state index in [1.165, 1.54) is 44.1 Å². The third kappa shape index (κ3) is 9.51. The molecule has 1 aromatic heterocycles. The lowest BCUT2D eigenvalue weighted by Crippen LogP contribution is -2.19. The average Bonchev–Trinajstić information content (AvgIpc) is 3.06. The number of rotatable bonds is 13. The second-order valence-corrected chi connectivity index (χ2v) is 12.3. The lowest BCUT2D eigenvalue weighted by molar-refractivity contribution is -0.146. The fraction of sp³-hybridized carbons (Fsp3) is 0.667. The summed E-state index contributed by atoms with van der Waals surface area (Å²) in [5, 5.41) is 21.6. The number of phenolic OH excluding ortho intramolecular Hbond substituents is 1. The first-order valence-corrected chi connectivity index (χ1v) is 16.7. The van der Waals surface area contributed by atoms with Crippen molar-refractivity contribution in [2.75, 3.05) is 13.7 Å². The van der Waals surface area contributed by atoms with E-state index in [9.17, 15) is 18.7 Å². The Labute approximate surface area is 259 Å². The Morgan fingerprint density at radius 3 is 2.53 bits per heavy atom. The van der Waals surface area contributed by atoms with Crippen LogP contribution in [0.1, 0.15) is 102 Å². The number of alkyl halides is 2. The minimum atomic E-state index is -3.00. The average molecular weight is 623 g/mol. The van der Waals surface area contributed by atoms with Gasteiger partial charge in [-0.25, -0.2) is 0 Å². The number of hydrogen-bond donors (Lipinski definition) is 1. The zero-order chi connectivity index (χ0) is 31.4. The maximum absolute atomic E-state index is 12.9. The van der Waals surface area contributed by atoms with Crippen molar-refractivity contribution in [2.24, 2.45) is 11.8 Å². The molecule has 240 valence electrons. The first kappa shape index (κ1) is 35.0. The van der Waals surface area contributed by atoms with Gasteiger partial charge < -0.3 is 19.3 Å². The molecule has 1 aromatic carbocycles. The first-order chi connectivity index (χ1) is 20.8. The van der Waals surface area contributed by atoms with Crippen molar-refractivity contribution in [3.8, 4) is 22.8 Å². The van der Waals surface area contributed by atoms with Gasteiger partial charge in [-0.1, -0.05) is 53.4 Å². The molecule has 2 unspecified atom stereocenters. The van der Waals surface area contributed by atoms with E-state index in [4.69, 9.17) is 14.6 Å². The highest BCUT2D eigenvalue weighted by Crippen LogP contribution is 2.43. The number of phenols is 1. The van der Waals surface area contributed by atoms with Gasteiger partial charge in [-0.05, 0) is 73.6 Å². The normalized spacial score (nSPS) is 16.3. The summed E-state index contributed by atoms with van der Waals surface area (Å²) in [6, 6.07) is 2.71. The van der Waals surface area contributed by atoms with Gasteiger partial charge in [0.15, 0.2) is 0 Å². The van der Waals surface area contributed by atoms with Crippen LogP contribution in [0.2, 0.25) is 0 Å². The SMILES string of the molecule is CC.CCCC(CCC(CC)Sc1nnc2c(c1CC1CCC1)CCCOCc1cc(OC(F)F)cc(O)c1-2)C(=O)OC. The van der Waals surface area contributed by atoms with Gasteiger partial charge in [0.05, 0.1) is 19.6 Å². The van der Waals surface area contributed by atoms with Gasteiger partial charge in [-0.3, -0.25) is 4.79 Å². The van der Waals surface area contributed by atoms with Crippen LogP contribution in [-0.4, -0.2) is 46.9 Å².